The summed E-state index contributed by atoms with van der Waals surface area (Å²) in [5.41, 5.74) is 6.14. The van der Waals surface area contributed by atoms with Gasteiger partial charge in [-0.15, -0.1) is 0 Å². The van der Waals surface area contributed by atoms with Crippen LogP contribution in [-0.4, -0.2) is 24.5 Å². The molecule has 2 N–H and O–H groups in total. The van der Waals surface area contributed by atoms with Crippen molar-refractivity contribution in [3.05, 3.63) is 34.6 Å². The summed E-state index contributed by atoms with van der Waals surface area (Å²) in [6.07, 6.45) is 0. The van der Waals surface area contributed by atoms with Gasteiger partial charge in [0.1, 0.15) is 5.82 Å². The van der Waals surface area contributed by atoms with Gasteiger partial charge >= 0.3 is 0 Å². The predicted molar refractivity (Wildman–Crippen MR) is 61.4 cm³/mol. The number of nitrogens with two attached hydrogens (primary N) is 1. The zero-order chi connectivity index (χ0) is 11.4. The molecule has 0 aliphatic heterocycles. The number of hydrogen-bond acceptors (Lipinski definition) is 2. The molecule has 1 rings (SSSR count). The zero-order valence-corrected chi connectivity index (χ0v) is 9.76. The molecule has 0 aliphatic rings. The number of likely N-dealkylation sites (N-methyl/N-ethyl adjacent to an activating group) is 1. The van der Waals surface area contributed by atoms with Gasteiger partial charge < -0.3 is 5.73 Å². The first kappa shape index (κ1) is 12.4. The molecule has 1 unspecified atom stereocenters. The molecule has 0 amide bonds. The number of hydrogen-bond donors (Lipinski definition) is 1. The van der Waals surface area contributed by atoms with Crippen LogP contribution in [0.4, 0.5) is 4.39 Å². The quantitative estimate of drug-likeness (QED) is 0.860. The molecule has 84 valence electrons. The Morgan fingerprint density at radius 1 is 1.53 bits per heavy atom. The summed E-state index contributed by atoms with van der Waals surface area (Å²) < 4.78 is 13.5. The monoisotopic (exact) mass is 230 g/mol. The lowest BCUT2D eigenvalue weighted by molar-refractivity contribution is 0.251. The topological polar surface area (TPSA) is 29.3 Å². The Bertz CT molecular complexity index is 330. The Hall–Kier alpha value is -0.640. The van der Waals surface area contributed by atoms with Crippen LogP contribution in [0.3, 0.4) is 0 Å². The molecule has 0 heterocycles. The van der Waals surface area contributed by atoms with E-state index < -0.39 is 0 Å². The lowest BCUT2D eigenvalue weighted by Crippen LogP contribution is -2.34. The molecule has 1 aromatic carbocycles. The van der Waals surface area contributed by atoms with Gasteiger partial charge in [0, 0.05) is 24.7 Å². The zero-order valence-electron chi connectivity index (χ0n) is 9.00. The second-order valence-electron chi connectivity index (χ2n) is 3.71. The van der Waals surface area contributed by atoms with E-state index in [1.165, 1.54) is 0 Å². The molecule has 0 saturated carbocycles. The van der Waals surface area contributed by atoms with Crippen molar-refractivity contribution in [1.29, 1.82) is 0 Å². The van der Waals surface area contributed by atoms with Crippen molar-refractivity contribution < 1.29 is 4.39 Å². The van der Waals surface area contributed by atoms with Crippen molar-refractivity contribution in [1.82, 2.24) is 4.90 Å². The van der Waals surface area contributed by atoms with Gasteiger partial charge in [-0.25, -0.2) is 4.39 Å². The minimum absolute atomic E-state index is 0.168. The average molecular weight is 231 g/mol. The van der Waals surface area contributed by atoms with E-state index in [1.807, 2.05) is 18.9 Å². The highest BCUT2D eigenvalue weighted by Gasteiger charge is 2.11. The highest BCUT2D eigenvalue weighted by molar-refractivity contribution is 6.30. The highest BCUT2D eigenvalue weighted by atomic mass is 35.5. The van der Waals surface area contributed by atoms with Gasteiger partial charge in [-0.2, -0.15) is 0 Å². The summed E-state index contributed by atoms with van der Waals surface area (Å²) in [5, 5.41) is 0.168. The third-order valence-corrected chi connectivity index (χ3v) is 2.84. The standard InChI is InChI=1S/C11H16ClFN2/c1-8(6-14)15(2)7-9-4-3-5-10(12)11(9)13/h3-5,8H,6-7,14H2,1-2H3. The maximum atomic E-state index is 13.5. The summed E-state index contributed by atoms with van der Waals surface area (Å²) in [4.78, 5) is 1.99. The van der Waals surface area contributed by atoms with Gasteiger partial charge in [-0.1, -0.05) is 23.7 Å². The van der Waals surface area contributed by atoms with Crippen molar-refractivity contribution in [2.24, 2.45) is 5.73 Å². The van der Waals surface area contributed by atoms with E-state index in [4.69, 9.17) is 17.3 Å². The fraction of sp³-hybridized carbons (Fsp3) is 0.455. The molecular formula is C11H16ClFN2. The highest BCUT2D eigenvalue weighted by Crippen LogP contribution is 2.19. The maximum absolute atomic E-state index is 13.5. The molecule has 15 heavy (non-hydrogen) atoms. The number of nitrogens with zero attached hydrogens (tertiary/aromatic N) is 1. The lowest BCUT2D eigenvalue weighted by Gasteiger charge is -2.23. The minimum atomic E-state index is -0.338. The number of rotatable bonds is 4. The van der Waals surface area contributed by atoms with E-state index in [1.54, 1.807) is 18.2 Å². The molecular weight excluding hydrogens is 215 g/mol. The molecule has 0 bridgehead atoms. The maximum Gasteiger partial charge on any atom is 0.146 e. The van der Waals surface area contributed by atoms with E-state index in [0.717, 1.165) is 0 Å². The van der Waals surface area contributed by atoms with Crippen LogP contribution in [0, 0.1) is 5.82 Å². The van der Waals surface area contributed by atoms with E-state index in [2.05, 4.69) is 0 Å². The molecule has 2 nitrogen and oxygen atoms in total. The molecule has 4 heteroatoms. The van der Waals surface area contributed by atoms with E-state index in [-0.39, 0.29) is 16.9 Å². The Balaban J connectivity index is 2.76. The summed E-state index contributed by atoms with van der Waals surface area (Å²) >= 11 is 5.69. The molecule has 1 atom stereocenters. The van der Waals surface area contributed by atoms with Crippen molar-refractivity contribution >= 4 is 11.6 Å². The van der Waals surface area contributed by atoms with Crippen molar-refractivity contribution in [3.8, 4) is 0 Å². The molecule has 0 radical (unpaired) electrons. The van der Waals surface area contributed by atoms with E-state index >= 15 is 0 Å². The number of halogens is 2. The molecule has 0 spiro atoms. The largest absolute Gasteiger partial charge is 0.329 e. The Labute approximate surface area is 94.8 Å². The Morgan fingerprint density at radius 3 is 2.80 bits per heavy atom. The van der Waals surface area contributed by atoms with E-state index in [0.29, 0.717) is 18.7 Å². The molecule has 0 saturated heterocycles. The first-order valence-corrected chi connectivity index (χ1v) is 5.27. The van der Waals surface area contributed by atoms with Crippen LogP contribution in [0.1, 0.15) is 12.5 Å². The number of benzene rings is 1. The van der Waals surface area contributed by atoms with Crippen molar-refractivity contribution in [2.45, 2.75) is 19.5 Å². The predicted octanol–water partition coefficient (Wildman–Crippen LogP) is 2.26. The third kappa shape index (κ3) is 3.16. The molecule has 0 fully saturated rings. The van der Waals surface area contributed by atoms with Crippen molar-refractivity contribution in [3.63, 3.8) is 0 Å². The van der Waals surface area contributed by atoms with Crippen LogP contribution >= 0.6 is 11.6 Å². The Morgan fingerprint density at radius 2 is 2.20 bits per heavy atom. The first-order chi connectivity index (χ1) is 7.06. The van der Waals surface area contributed by atoms with Crippen LogP contribution in [0.2, 0.25) is 5.02 Å². The third-order valence-electron chi connectivity index (χ3n) is 2.54. The first-order valence-electron chi connectivity index (χ1n) is 4.89. The van der Waals surface area contributed by atoms with Gasteiger partial charge in [0.05, 0.1) is 5.02 Å². The smallest absolute Gasteiger partial charge is 0.146 e. The lowest BCUT2D eigenvalue weighted by atomic mass is 10.2. The van der Waals surface area contributed by atoms with Gasteiger partial charge in [-0.3, -0.25) is 4.90 Å². The second-order valence-corrected chi connectivity index (χ2v) is 4.12. The van der Waals surface area contributed by atoms with Crippen LogP contribution in [0.25, 0.3) is 0 Å². The van der Waals surface area contributed by atoms with Crippen LogP contribution in [0.15, 0.2) is 18.2 Å². The SMILES string of the molecule is CC(CN)N(C)Cc1cccc(Cl)c1F. The fourth-order valence-electron chi connectivity index (χ4n) is 1.28. The summed E-state index contributed by atoms with van der Waals surface area (Å²) in [5.74, 6) is -0.338. The molecule has 1 aromatic rings. The average Bonchev–Trinajstić information content (AvgIpc) is 2.23. The molecule has 0 aromatic heterocycles. The van der Waals surface area contributed by atoms with E-state index in [9.17, 15) is 4.39 Å². The van der Waals surface area contributed by atoms with Crippen LogP contribution in [-0.2, 0) is 6.54 Å². The summed E-state index contributed by atoms with van der Waals surface area (Å²) in [7, 11) is 1.91. The van der Waals surface area contributed by atoms with Gasteiger partial charge in [0.2, 0.25) is 0 Å². The van der Waals surface area contributed by atoms with Gasteiger partial charge in [0.25, 0.3) is 0 Å². The fourth-order valence-corrected chi connectivity index (χ4v) is 1.47. The Kier molecular flexibility index (Phi) is 4.51. The minimum Gasteiger partial charge on any atom is -0.329 e. The normalized spacial score (nSPS) is 13.2. The molecule has 0 aliphatic carbocycles. The van der Waals surface area contributed by atoms with Gasteiger partial charge in [-0.05, 0) is 20.0 Å². The van der Waals surface area contributed by atoms with Crippen LogP contribution < -0.4 is 5.73 Å². The van der Waals surface area contributed by atoms with Crippen LogP contribution in [0.5, 0.6) is 0 Å². The summed E-state index contributed by atoms with van der Waals surface area (Å²) in [6, 6.07) is 5.26. The second kappa shape index (κ2) is 5.45. The van der Waals surface area contributed by atoms with Crippen molar-refractivity contribution in [2.75, 3.05) is 13.6 Å². The summed E-state index contributed by atoms with van der Waals surface area (Å²) in [6.45, 7) is 3.08. The van der Waals surface area contributed by atoms with Gasteiger partial charge in [0.15, 0.2) is 0 Å².